The van der Waals surface area contributed by atoms with Crippen LogP contribution in [0.25, 0.3) is 0 Å². The smallest absolute Gasteiger partial charge is 0.219 e. The highest BCUT2D eigenvalue weighted by molar-refractivity contribution is 5.53. The van der Waals surface area contributed by atoms with Gasteiger partial charge in [-0.25, -0.2) is 4.68 Å². The van der Waals surface area contributed by atoms with Crippen LogP contribution in [0.1, 0.15) is 55.7 Å². The molecule has 2 rings (SSSR count). The van der Waals surface area contributed by atoms with Crippen LogP contribution in [0.15, 0.2) is 24.3 Å². The van der Waals surface area contributed by atoms with E-state index in [1.807, 2.05) is 24.3 Å². The zero-order valence-electron chi connectivity index (χ0n) is 13.6. The van der Waals surface area contributed by atoms with Crippen LogP contribution in [-0.2, 0) is 7.05 Å². The number of para-hydroxylation sites is 1. The number of aromatic nitrogens is 2. The molecule has 0 saturated carbocycles. The zero-order valence-corrected chi connectivity index (χ0v) is 13.6. The second kappa shape index (κ2) is 6.92. The average Bonchev–Trinajstić information content (AvgIpc) is 2.73. The van der Waals surface area contributed by atoms with Crippen LogP contribution < -0.4 is 5.32 Å². The predicted molar refractivity (Wildman–Crippen MR) is 86.3 cm³/mol. The van der Waals surface area contributed by atoms with Gasteiger partial charge in [-0.3, -0.25) is 0 Å². The number of nitrogens with one attached hydrogen (secondary N) is 1. The molecular formula is C17H24FN3O. The Morgan fingerprint density at radius 2 is 2.05 bits per heavy atom. The monoisotopic (exact) mass is 305 g/mol. The quantitative estimate of drug-likeness (QED) is 0.796. The lowest BCUT2D eigenvalue weighted by atomic mass is 9.95. The molecule has 0 aliphatic carbocycles. The lowest BCUT2D eigenvalue weighted by molar-refractivity contribution is 0.201. The first kappa shape index (κ1) is 16.5. The second-order valence-corrected chi connectivity index (χ2v) is 5.74. The number of aryl methyl sites for hydroxylation is 2. The molecule has 0 spiro atoms. The largest absolute Gasteiger partial charge is 0.369 e. The summed E-state index contributed by atoms with van der Waals surface area (Å²) in [4.78, 5) is 0. The Morgan fingerprint density at radius 1 is 1.36 bits per heavy atom. The highest BCUT2D eigenvalue weighted by Gasteiger charge is 2.22. The first-order chi connectivity index (χ1) is 10.5. The summed E-state index contributed by atoms with van der Waals surface area (Å²) in [5.41, 5.74) is 2.64. The third-order valence-electron chi connectivity index (χ3n) is 3.98. The molecule has 0 aliphatic heterocycles. The van der Waals surface area contributed by atoms with Crippen LogP contribution in [0.4, 0.5) is 10.1 Å². The summed E-state index contributed by atoms with van der Waals surface area (Å²) in [6.07, 6.45) is 1.03. The lowest BCUT2D eigenvalue weighted by Gasteiger charge is -2.20. The van der Waals surface area contributed by atoms with E-state index in [1.165, 1.54) is 7.05 Å². The van der Waals surface area contributed by atoms with Gasteiger partial charge < -0.3 is 10.4 Å². The normalized spacial score (nSPS) is 13.9. The van der Waals surface area contributed by atoms with Gasteiger partial charge in [-0.15, -0.1) is 0 Å². The molecule has 1 aromatic heterocycles. The number of hydrogen-bond donors (Lipinski definition) is 2. The fourth-order valence-electron chi connectivity index (χ4n) is 2.82. The van der Waals surface area contributed by atoms with E-state index >= 15 is 0 Å². The summed E-state index contributed by atoms with van der Waals surface area (Å²) in [5, 5.41) is 17.4. The van der Waals surface area contributed by atoms with Gasteiger partial charge in [-0.2, -0.15) is 9.49 Å². The maximum Gasteiger partial charge on any atom is 0.219 e. The first-order valence-electron chi connectivity index (χ1n) is 7.68. The molecule has 0 bridgehead atoms. The van der Waals surface area contributed by atoms with E-state index in [4.69, 9.17) is 0 Å². The summed E-state index contributed by atoms with van der Waals surface area (Å²) < 4.78 is 15.2. The van der Waals surface area contributed by atoms with Crippen molar-refractivity contribution in [2.75, 3.05) is 5.32 Å². The highest BCUT2D eigenvalue weighted by Crippen LogP contribution is 2.30. The summed E-state index contributed by atoms with van der Waals surface area (Å²) in [6.45, 7) is 6.00. The van der Waals surface area contributed by atoms with E-state index in [1.54, 1.807) is 6.92 Å². The van der Waals surface area contributed by atoms with E-state index in [2.05, 4.69) is 24.3 Å². The Kier molecular flexibility index (Phi) is 5.19. The van der Waals surface area contributed by atoms with Crippen molar-refractivity contribution >= 4 is 5.69 Å². The molecule has 0 amide bonds. The van der Waals surface area contributed by atoms with Crippen molar-refractivity contribution in [1.82, 2.24) is 9.78 Å². The molecule has 2 N–H and O–H groups in total. The van der Waals surface area contributed by atoms with Crippen LogP contribution >= 0.6 is 0 Å². The molecular weight excluding hydrogens is 281 g/mol. The van der Waals surface area contributed by atoms with E-state index in [0.29, 0.717) is 11.6 Å². The number of halogens is 1. The second-order valence-electron chi connectivity index (χ2n) is 5.74. The summed E-state index contributed by atoms with van der Waals surface area (Å²) in [6, 6.07) is 7.84. The van der Waals surface area contributed by atoms with E-state index in [9.17, 15) is 9.50 Å². The molecule has 1 heterocycles. The Bertz CT molecular complexity index is 639. The van der Waals surface area contributed by atoms with Crippen LogP contribution in [0.2, 0.25) is 0 Å². The third kappa shape index (κ3) is 3.30. The predicted octanol–water partition coefficient (Wildman–Crippen LogP) is 3.87. The molecule has 4 nitrogen and oxygen atoms in total. The number of rotatable bonds is 6. The highest BCUT2D eigenvalue weighted by atomic mass is 19.1. The van der Waals surface area contributed by atoms with Crippen LogP contribution in [0.5, 0.6) is 0 Å². The Labute approximate surface area is 131 Å². The van der Waals surface area contributed by atoms with Gasteiger partial charge in [0.2, 0.25) is 5.95 Å². The van der Waals surface area contributed by atoms with Crippen LogP contribution in [-0.4, -0.2) is 14.9 Å². The van der Waals surface area contributed by atoms with Gasteiger partial charge in [-0.05, 0) is 30.9 Å². The summed E-state index contributed by atoms with van der Waals surface area (Å²) >= 11 is 0. The minimum absolute atomic E-state index is 0.195. The molecule has 1 aromatic carbocycles. The molecule has 0 saturated heterocycles. The fraction of sp³-hybridized carbons (Fsp3) is 0.471. The molecule has 2 atom stereocenters. The number of anilines is 1. The number of aliphatic hydroxyl groups is 1. The van der Waals surface area contributed by atoms with Crippen molar-refractivity contribution < 1.29 is 9.50 Å². The van der Waals surface area contributed by atoms with Crippen molar-refractivity contribution in [3.63, 3.8) is 0 Å². The van der Waals surface area contributed by atoms with Gasteiger partial charge in [0.05, 0.1) is 11.3 Å². The van der Waals surface area contributed by atoms with Crippen LogP contribution in [0.3, 0.4) is 0 Å². The minimum atomic E-state index is -1.12. The number of nitrogens with zero attached hydrogens (tertiary/aromatic N) is 2. The van der Waals surface area contributed by atoms with Gasteiger partial charge in [0.1, 0.15) is 0 Å². The zero-order chi connectivity index (χ0) is 16.3. The fourth-order valence-corrected chi connectivity index (χ4v) is 2.82. The Balaban J connectivity index is 2.27. The lowest BCUT2D eigenvalue weighted by Crippen LogP contribution is -2.14. The standard InChI is InChI=1S/C17H24FN3O/c1-5-8-11(2)13-9-6-7-10-14(13)19-17(22)15-12(3)20-21(4)16(15)18/h6-7,9-11,17,19,22H,5,8H2,1-4H3. The molecule has 0 fully saturated rings. The van der Waals surface area contributed by atoms with Gasteiger partial charge in [0, 0.05) is 12.7 Å². The maximum absolute atomic E-state index is 14.1. The van der Waals surface area contributed by atoms with Crippen LogP contribution in [0, 0.1) is 12.9 Å². The molecule has 0 aliphatic rings. The third-order valence-corrected chi connectivity index (χ3v) is 3.98. The van der Waals surface area contributed by atoms with Crippen molar-refractivity contribution in [1.29, 1.82) is 0 Å². The topological polar surface area (TPSA) is 50.1 Å². The van der Waals surface area contributed by atoms with Gasteiger partial charge >= 0.3 is 0 Å². The van der Waals surface area contributed by atoms with E-state index < -0.39 is 12.2 Å². The SMILES string of the molecule is CCCC(C)c1ccccc1NC(O)c1c(C)nn(C)c1F. The molecule has 5 heteroatoms. The molecule has 22 heavy (non-hydrogen) atoms. The van der Waals surface area contributed by atoms with E-state index in [0.717, 1.165) is 28.8 Å². The first-order valence-corrected chi connectivity index (χ1v) is 7.68. The van der Waals surface area contributed by atoms with Gasteiger partial charge in [0.25, 0.3) is 0 Å². The Morgan fingerprint density at radius 3 is 2.64 bits per heavy atom. The average molecular weight is 305 g/mol. The summed E-state index contributed by atoms with van der Waals surface area (Å²) in [7, 11) is 1.52. The minimum Gasteiger partial charge on any atom is -0.369 e. The number of benzene rings is 1. The van der Waals surface area contributed by atoms with Crippen molar-refractivity contribution in [2.24, 2.45) is 7.05 Å². The number of hydrogen-bond acceptors (Lipinski definition) is 3. The molecule has 2 aromatic rings. The molecule has 0 radical (unpaired) electrons. The van der Waals surface area contributed by atoms with Crippen molar-refractivity contribution in [2.45, 2.75) is 45.8 Å². The van der Waals surface area contributed by atoms with E-state index in [-0.39, 0.29) is 5.56 Å². The molecule has 120 valence electrons. The molecule has 2 unspecified atom stereocenters. The number of aliphatic hydroxyl groups excluding tert-OH is 1. The van der Waals surface area contributed by atoms with Crippen molar-refractivity contribution in [3.8, 4) is 0 Å². The van der Waals surface area contributed by atoms with Gasteiger partial charge in [0.15, 0.2) is 6.23 Å². The Hall–Kier alpha value is -1.88. The van der Waals surface area contributed by atoms with Gasteiger partial charge in [-0.1, -0.05) is 38.5 Å². The summed E-state index contributed by atoms with van der Waals surface area (Å²) in [5.74, 6) is -0.141. The van der Waals surface area contributed by atoms with Crippen molar-refractivity contribution in [3.05, 3.63) is 47.0 Å². The maximum atomic E-state index is 14.1.